The van der Waals surface area contributed by atoms with E-state index in [-0.39, 0.29) is 0 Å². The van der Waals surface area contributed by atoms with Crippen molar-refractivity contribution in [2.75, 3.05) is 0 Å². The van der Waals surface area contributed by atoms with Gasteiger partial charge in [-0.1, -0.05) is 78.9 Å². The van der Waals surface area contributed by atoms with Crippen LogP contribution in [0, 0.1) is 0 Å². The fraction of sp³-hybridized carbons (Fsp3) is 0.111. The van der Waals surface area contributed by atoms with E-state index in [2.05, 4.69) is 73.3 Å². The molecule has 2 aromatic rings. The summed E-state index contributed by atoms with van der Waals surface area (Å²) in [6.45, 7) is 3.85. The Labute approximate surface area is 109 Å². The second-order valence-corrected chi connectivity index (χ2v) is 4.31. The van der Waals surface area contributed by atoms with Gasteiger partial charge in [0.25, 0.3) is 0 Å². The van der Waals surface area contributed by atoms with Crippen molar-refractivity contribution in [2.24, 2.45) is 0 Å². The summed E-state index contributed by atoms with van der Waals surface area (Å²) in [5.41, 5.74) is 2.58. The lowest BCUT2D eigenvalue weighted by Crippen LogP contribution is -1.92. The molecular weight excluding hydrogens is 217 g/mol. The SMILES string of the molecule is [13CH2]=CCC(/C=C/c1ccccc1)c1ccccc1. The van der Waals surface area contributed by atoms with Crippen molar-refractivity contribution >= 4 is 6.08 Å². The van der Waals surface area contributed by atoms with Gasteiger partial charge in [-0.25, -0.2) is 0 Å². The maximum atomic E-state index is 3.85. The normalized spacial score (nSPS) is 12.4. The average molecular weight is 235 g/mol. The third-order valence-corrected chi connectivity index (χ3v) is 2.97. The van der Waals surface area contributed by atoms with Crippen molar-refractivity contribution in [1.82, 2.24) is 0 Å². The quantitative estimate of drug-likeness (QED) is 0.502. The molecule has 0 aromatic heterocycles. The molecule has 2 aromatic carbocycles. The first kappa shape index (κ1) is 12.4. The van der Waals surface area contributed by atoms with E-state index >= 15 is 0 Å². The molecule has 1 unspecified atom stereocenters. The van der Waals surface area contributed by atoms with Crippen molar-refractivity contribution in [3.05, 3.63) is 90.5 Å². The lowest BCUT2D eigenvalue weighted by atomic mass is 9.95. The Hall–Kier alpha value is -2.08. The molecule has 0 aliphatic heterocycles. The molecule has 0 saturated carbocycles. The molecular formula is C18H18. The topological polar surface area (TPSA) is 0 Å². The van der Waals surface area contributed by atoms with Gasteiger partial charge in [-0.2, -0.15) is 0 Å². The Kier molecular flexibility index (Phi) is 4.54. The van der Waals surface area contributed by atoms with Crippen molar-refractivity contribution in [3.63, 3.8) is 0 Å². The molecule has 0 saturated heterocycles. The standard InChI is InChI=1S/C18H18/c1-2-9-17(18-12-7-4-8-13-18)15-14-16-10-5-3-6-11-16/h2-8,10-15,17H,1,9H2/b15-14+/i1+1. The Bertz CT molecular complexity index is 494. The fourth-order valence-corrected chi connectivity index (χ4v) is 2.00. The van der Waals surface area contributed by atoms with Crippen LogP contribution in [0.5, 0.6) is 0 Å². The highest BCUT2D eigenvalue weighted by Gasteiger charge is 2.04. The van der Waals surface area contributed by atoms with Crippen molar-refractivity contribution < 1.29 is 0 Å². The van der Waals surface area contributed by atoms with Gasteiger partial charge in [0, 0.05) is 5.92 Å². The highest BCUT2D eigenvalue weighted by molar-refractivity contribution is 5.50. The summed E-state index contributed by atoms with van der Waals surface area (Å²) >= 11 is 0. The Morgan fingerprint density at radius 3 is 2.11 bits per heavy atom. The highest BCUT2D eigenvalue weighted by Crippen LogP contribution is 2.22. The van der Waals surface area contributed by atoms with Crippen LogP contribution in [-0.2, 0) is 0 Å². The molecule has 1 atom stereocenters. The van der Waals surface area contributed by atoms with E-state index in [1.54, 1.807) is 0 Å². The molecule has 0 spiro atoms. The summed E-state index contributed by atoms with van der Waals surface area (Å²) in [7, 11) is 0. The summed E-state index contributed by atoms with van der Waals surface area (Å²) in [4.78, 5) is 0. The lowest BCUT2D eigenvalue weighted by molar-refractivity contribution is 0.869. The Morgan fingerprint density at radius 2 is 1.50 bits per heavy atom. The van der Waals surface area contributed by atoms with E-state index in [0.717, 1.165) is 6.42 Å². The van der Waals surface area contributed by atoms with Crippen LogP contribution in [0.1, 0.15) is 23.5 Å². The molecule has 90 valence electrons. The Balaban J connectivity index is 2.17. The lowest BCUT2D eigenvalue weighted by Gasteiger charge is -2.10. The van der Waals surface area contributed by atoms with Gasteiger partial charge in [0.2, 0.25) is 0 Å². The predicted molar refractivity (Wildman–Crippen MR) is 79.5 cm³/mol. The fourth-order valence-electron chi connectivity index (χ4n) is 2.00. The van der Waals surface area contributed by atoms with Crippen LogP contribution >= 0.6 is 0 Å². The van der Waals surface area contributed by atoms with Crippen LogP contribution in [-0.4, -0.2) is 0 Å². The number of benzene rings is 2. The largest absolute Gasteiger partial charge is 0.103 e. The molecule has 0 nitrogen and oxygen atoms in total. The third-order valence-electron chi connectivity index (χ3n) is 2.97. The monoisotopic (exact) mass is 235 g/mol. The highest BCUT2D eigenvalue weighted by atomic mass is 14.1. The smallest absolute Gasteiger partial charge is 0.00557 e. The maximum Gasteiger partial charge on any atom is 0.00557 e. The number of hydrogen-bond donors (Lipinski definition) is 0. The minimum atomic E-state index is 0.406. The minimum Gasteiger partial charge on any atom is -0.103 e. The molecule has 2 rings (SSSR count). The summed E-state index contributed by atoms with van der Waals surface area (Å²) in [5.74, 6) is 0.406. The van der Waals surface area contributed by atoms with E-state index < -0.39 is 0 Å². The zero-order valence-corrected chi connectivity index (χ0v) is 10.5. The van der Waals surface area contributed by atoms with Gasteiger partial charge in [0.1, 0.15) is 0 Å². The number of rotatable bonds is 5. The van der Waals surface area contributed by atoms with Crippen LogP contribution in [0.15, 0.2) is 79.4 Å². The Morgan fingerprint density at radius 1 is 0.889 bits per heavy atom. The molecule has 0 N–H and O–H groups in total. The molecule has 0 amide bonds. The van der Waals surface area contributed by atoms with Gasteiger partial charge < -0.3 is 0 Å². The number of hydrogen-bond acceptors (Lipinski definition) is 0. The van der Waals surface area contributed by atoms with E-state index in [9.17, 15) is 0 Å². The van der Waals surface area contributed by atoms with Crippen LogP contribution in [0.2, 0.25) is 0 Å². The van der Waals surface area contributed by atoms with Crippen LogP contribution in [0.25, 0.3) is 6.08 Å². The first-order chi connectivity index (χ1) is 8.90. The average Bonchev–Trinajstić information content (AvgIpc) is 2.45. The summed E-state index contributed by atoms with van der Waals surface area (Å²) < 4.78 is 0. The summed E-state index contributed by atoms with van der Waals surface area (Å²) in [6.07, 6.45) is 7.38. The van der Waals surface area contributed by atoms with Crippen LogP contribution in [0.3, 0.4) is 0 Å². The minimum absolute atomic E-state index is 0.406. The van der Waals surface area contributed by atoms with Crippen molar-refractivity contribution in [2.45, 2.75) is 12.3 Å². The number of allylic oxidation sites excluding steroid dienone is 2. The predicted octanol–water partition coefficient (Wildman–Crippen LogP) is 5.06. The molecule has 0 heteroatoms. The van der Waals surface area contributed by atoms with Gasteiger partial charge in [-0.05, 0) is 17.5 Å². The van der Waals surface area contributed by atoms with E-state index in [1.165, 1.54) is 11.1 Å². The molecule has 0 aliphatic rings. The van der Waals surface area contributed by atoms with Crippen molar-refractivity contribution in [1.29, 1.82) is 0 Å². The van der Waals surface area contributed by atoms with E-state index in [1.807, 2.05) is 12.1 Å². The zero-order valence-electron chi connectivity index (χ0n) is 10.5. The summed E-state index contributed by atoms with van der Waals surface area (Å²) in [5, 5.41) is 0. The first-order valence-electron chi connectivity index (χ1n) is 6.29. The van der Waals surface area contributed by atoms with Gasteiger partial charge in [0.05, 0.1) is 0 Å². The molecule has 0 fully saturated rings. The molecule has 0 bridgehead atoms. The van der Waals surface area contributed by atoms with Crippen LogP contribution < -0.4 is 0 Å². The maximum absolute atomic E-state index is 3.85. The molecule has 18 heavy (non-hydrogen) atoms. The second kappa shape index (κ2) is 6.61. The first-order valence-corrected chi connectivity index (χ1v) is 6.29. The van der Waals surface area contributed by atoms with Gasteiger partial charge in [-0.3, -0.25) is 0 Å². The van der Waals surface area contributed by atoms with E-state index in [0.29, 0.717) is 5.92 Å². The molecule has 0 heterocycles. The van der Waals surface area contributed by atoms with Crippen molar-refractivity contribution in [3.8, 4) is 0 Å². The summed E-state index contributed by atoms with van der Waals surface area (Å²) in [6, 6.07) is 21.0. The second-order valence-electron chi connectivity index (χ2n) is 4.31. The van der Waals surface area contributed by atoms with E-state index in [4.69, 9.17) is 0 Å². The zero-order chi connectivity index (χ0) is 12.6. The molecule has 0 aliphatic carbocycles. The van der Waals surface area contributed by atoms with Gasteiger partial charge >= 0.3 is 0 Å². The van der Waals surface area contributed by atoms with Gasteiger partial charge in [0.15, 0.2) is 0 Å². The van der Waals surface area contributed by atoms with Gasteiger partial charge in [-0.15, -0.1) is 6.58 Å². The van der Waals surface area contributed by atoms with Crippen LogP contribution in [0.4, 0.5) is 0 Å². The molecule has 0 radical (unpaired) electrons. The third kappa shape index (κ3) is 3.46.